The second kappa shape index (κ2) is 3.22. The summed E-state index contributed by atoms with van der Waals surface area (Å²) in [4.78, 5) is 23.9. The van der Waals surface area contributed by atoms with E-state index in [1.54, 1.807) is 0 Å². The molecule has 3 N–H and O–H groups in total. The van der Waals surface area contributed by atoms with Gasteiger partial charge in [-0.1, -0.05) is 0 Å². The average Bonchev–Trinajstić information content (AvgIpc) is 2.37. The number of nitrogen functional groups attached to an aromatic ring is 1. The molecule has 1 heterocycles. The Morgan fingerprint density at radius 1 is 1.75 bits per heavy atom. The fourth-order valence-corrected chi connectivity index (χ4v) is 1.02. The number of aromatic nitrogens is 2. The molecular formula is C4H4N4O3S. The maximum atomic E-state index is 10.3. The SMILES string of the molecule is Nc1nc(C(N=O)C(=O)O)ns1. The van der Waals surface area contributed by atoms with Gasteiger partial charge in [-0.2, -0.15) is 4.37 Å². The van der Waals surface area contributed by atoms with E-state index in [1.165, 1.54) is 0 Å². The van der Waals surface area contributed by atoms with Gasteiger partial charge in [-0.3, -0.25) is 0 Å². The summed E-state index contributed by atoms with van der Waals surface area (Å²) in [5, 5.41) is 10.9. The van der Waals surface area contributed by atoms with Crippen molar-refractivity contribution in [2.24, 2.45) is 5.18 Å². The monoisotopic (exact) mass is 188 g/mol. The first-order valence-electron chi connectivity index (χ1n) is 2.79. The van der Waals surface area contributed by atoms with E-state index in [1.807, 2.05) is 0 Å². The van der Waals surface area contributed by atoms with E-state index in [2.05, 4.69) is 14.5 Å². The van der Waals surface area contributed by atoms with Crippen molar-refractivity contribution in [1.82, 2.24) is 9.36 Å². The van der Waals surface area contributed by atoms with Gasteiger partial charge in [0.1, 0.15) is 0 Å². The van der Waals surface area contributed by atoms with E-state index in [0.29, 0.717) is 0 Å². The zero-order chi connectivity index (χ0) is 9.14. The van der Waals surface area contributed by atoms with Gasteiger partial charge in [0.15, 0.2) is 11.0 Å². The van der Waals surface area contributed by atoms with Crippen LogP contribution in [0.25, 0.3) is 0 Å². The van der Waals surface area contributed by atoms with Crippen LogP contribution in [-0.4, -0.2) is 20.4 Å². The first-order valence-corrected chi connectivity index (χ1v) is 3.57. The highest BCUT2D eigenvalue weighted by atomic mass is 32.1. The molecule has 0 fully saturated rings. The molecule has 1 unspecified atom stereocenters. The summed E-state index contributed by atoms with van der Waals surface area (Å²) in [7, 11) is 0. The molecule has 12 heavy (non-hydrogen) atoms. The predicted molar refractivity (Wildman–Crippen MR) is 40.5 cm³/mol. The van der Waals surface area contributed by atoms with Crippen LogP contribution in [0.4, 0.5) is 5.13 Å². The lowest BCUT2D eigenvalue weighted by Gasteiger charge is -1.94. The lowest BCUT2D eigenvalue weighted by Crippen LogP contribution is -2.10. The smallest absolute Gasteiger partial charge is 0.340 e. The molecule has 0 aromatic carbocycles. The summed E-state index contributed by atoms with van der Waals surface area (Å²) in [5.74, 6) is -1.55. The Labute approximate surface area is 70.4 Å². The van der Waals surface area contributed by atoms with Crippen molar-refractivity contribution in [2.45, 2.75) is 6.04 Å². The van der Waals surface area contributed by atoms with E-state index < -0.39 is 12.0 Å². The van der Waals surface area contributed by atoms with Crippen LogP contribution in [0.1, 0.15) is 11.9 Å². The normalized spacial score (nSPS) is 12.3. The molecular weight excluding hydrogens is 184 g/mol. The van der Waals surface area contributed by atoms with Gasteiger partial charge in [0.2, 0.25) is 6.04 Å². The Balaban J connectivity index is 2.94. The van der Waals surface area contributed by atoms with Gasteiger partial charge in [-0.15, -0.1) is 4.91 Å². The number of hydrogen-bond acceptors (Lipinski definition) is 7. The number of anilines is 1. The molecule has 1 aromatic heterocycles. The van der Waals surface area contributed by atoms with Gasteiger partial charge in [0.25, 0.3) is 0 Å². The number of carboxylic acids is 1. The third kappa shape index (κ3) is 1.53. The second-order valence-corrected chi connectivity index (χ2v) is 2.62. The van der Waals surface area contributed by atoms with Crippen molar-refractivity contribution >= 4 is 22.6 Å². The van der Waals surface area contributed by atoms with Gasteiger partial charge in [-0.05, 0) is 5.18 Å². The molecule has 0 aliphatic rings. The highest BCUT2D eigenvalue weighted by Crippen LogP contribution is 2.16. The van der Waals surface area contributed by atoms with Crippen LogP contribution in [0.5, 0.6) is 0 Å². The van der Waals surface area contributed by atoms with Crippen molar-refractivity contribution in [3.63, 3.8) is 0 Å². The molecule has 0 amide bonds. The number of carbonyl (C=O) groups is 1. The molecule has 1 atom stereocenters. The van der Waals surface area contributed by atoms with E-state index in [9.17, 15) is 9.70 Å². The number of aliphatic carboxylic acids is 1. The fraction of sp³-hybridized carbons (Fsp3) is 0.250. The highest BCUT2D eigenvalue weighted by Gasteiger charge is 2.24. The lowest BCUT2D eigenvalue weighted by atomic mass is 10.3. The third-order valence-electron chi connectivity index (χ3n) is 1.04. The largest absolute Gasteiger partial charge is 0.479 e. The Bertz CT molecular complexity index is 311. The van der Waals surface area contributed by atoms with Gasteiger partial charge in [0, 0.05) is 11.5 Å². The van der Waals surface area contributed by atoms with Gasteiger partial charge in [-0.25, -0.2) is 9.78 Å². The molecule has 64 valence electrons. The Morgan fingerprint density at radius 3 is 2.75 bits per heavy atom. The molecule has 0 bridgehead atoms. The van der Waals surface area contributed by atoms with Crippen molar-refractivity contribution in [3.8, 4) is 0 Å². The number of nitrogens with two attached hydrogens (primary N) is 1. The minimum Gasteiger partial charge on any atom is -0.479 e. The lowest BCUT2D eigenvalue weighted by molar-refractivity contribution is -0.138. The Kier molecular flexibility index (Phi) is 2.29. The van der Waals surface area contributed by atoms with Crippen molar-refractivity contribution in [1.29, 1.82) is 0 Å². The summed E-state index contributed by atoms with van der Waals surface area (Å²) < 4.78 is 3.54. The molecule has 1 rings (SSSR count). The van der Waals surface area contributed by atoms with Crippen molar-refractivity contribution < 1.29 is 9.90 Å². The molecule has 0 aliphatic heterocycles. The van der Waals surface area contributed by atoms with Gasteiger partial charge >= 0.3 is 5.97 Å². The predicted octanol–water partition coefficient (Wildman–Crippen LogP) is 0.0124. The summed E-state index contributed by atoms with van der Waals surface area (Å²) in [6, 6.07) is -1.56. The zero-order valence-corrected chi connectivity index (χ0v) is 6.48. The van der Waals surface area contributed by atoms with Crippen LogP contribution >= 0.6 is 11.5 Å². The van der Waals surface area contributed by atoms with E-state index in [0.717, 1.165) is 11.5 Å². The maximum absolute atomic E-state index is 10.3. The quantitative estimate of drug-likeness (QED) is 0.645. The summed E-state index contributed by atoms with van der Waals surface area (Å²) in [5.41, 5.74) is 5.18. The number of nitrogens with zero attached hydrogens (tertiary/aromatic N) is 3. The molecule has 0 aliphatic carbocycles. The molecule has 7 nitrogen and oxygen atoms in total. The minimum absolute atomic E-state index is 0.111. The van der Waals surface area contributed by atoms with E-state index in [4.69, 9.17) is 10.8 Å². The fourth-order valence-electron chi connectivity index (χ4n) is 0.561. The van der Waals surface area contributed by atoms with Gasteiger partial charge in [0.05, 0.1) is 0 Å². The van der Waals surface area contributed by atoms with Crippen LogP contribution < -0.4 is 5.73 Å². The maximum Gasteiger partial charge on any atom is 0.340 e. The molecule has 1 aromatic rings. The van der Waals surface area contributed by atoms with E-state index in [-0.39, 0.29) is 11.0 Å². The number of hydrogen-bond donors (Lipinski definition) is 2. The summed E-state index contributed by atoms with van der Waals surface area (Å²) in [6.07, 6.45) is 0. The average molecular weight is 188 g/mol. The summed E-state index contributed by atoms with van der Waals surface area (Å²) >= 11 is 0.820. The van der Waals surface area contributed by atoms with Crippen LogP contribution in [-0.2, 0) is 4.79 Å². The zero-order valence-electron chi connectivity index (χ0n) is 5.67. The van der Waals surface area contributed by atoms with Crippen molar-refractivity contribution in [3.05, 3.63) is 10.7 Å². The molecule has 8 heteroatoms. The number of rotatable bonds is 3. The first kappa shape index (κ1) is 8.53. The first-order chi connectivity index (χ1) is 5.65. The summed E-state index contributed by atoms with van der Waals surface area (Å²) in [6.45, 7) is 0. The van der Waals surface area contributed by atoms with Crippen LogP contribution in [0.3, 0.4) is 0 Å². The van der Waals surface area contributed by atoms with Crippen LogP contribution in [0.2, 0.25) is 0 Å². The van der Waals surface area contributed by atoms with Crippen molar-refractivity contribution in [2.75, 3.05) is 5.73 Å². The highest BCUT2D eigenvalue weighted by molar-refractivity contribution is 7.09. The van der Waals surface area contributed by atoms with Crippen LogP contribution in [0.15, 0.2) is 5.18 Å². The topological polar surface area (TPSA) is 119 Å². The van der Waals surface area contributed by atoms with Gasteiger partial charge < -0.3 is 10.8 Å². The third-order valence-corrected chi connectivity index (χ3v) is 1.60. The molecule has 0 saturated carbocycles. The number of carboxylic acid groups (broad SMARTS) is 1. The molecule has 0 saturated heterocycles. The Morgan fingerprint density at radius 2 is 2.42 bits per heavy atom. The second-order valence-electron chi connectivity index (χ2n) is 1.84. The van der Waals surface area contributed by atoms with E-state index >= 15 is 0 Å². The Hall–Kier alpha value is -1.57. The molecule has 0 radical (unpaired) electrons. The van der Waals surface area contributed by atoms with Crippen LogP contribution in [0, 0.1) is 4.91 Å². The standard InChI is InChI=1S/C4H4N4O3S/c5-4-6-2(8-12-4)1(7-11)3(9)10/h1H,(H,9,10)(H2,5,6,8). The molecule has 0 spiro atoms. The number of nitroso groups, excluding NO2 is 1. The minimum atomic E-state index is -1.56.